The summed E-state index contributed by atoms with van der Waals surface area (Å²) in [5.41, 5.74) is 19.7. The van der Waals surface area contributed by atoms with Gasteiger partial charge >= 0.3 is 5.97 Å². The molecular weight excluding hydrogens is 438 g/mol. The number of allylic oxidation sites excluding steroid dienone is 1. The monoisotopic (exact) mass is 479 g/mol. The van der Waals surface area contributed by atoms with E-state index in [1.54, 1.807) is 11.2 Å². The van der Waals surface area contributed by atoms with Gasteiger partial charge < -0.3 is 26.9 Å². The summed E-state index contributed by atoms with van der Waals surface area (Å²) in [4.78, 5) is 11.8. The maximum atomic E-state index is 11.8. The minimum Gasteiger partial charge on any atom is -0.481 e. The lowest BCUT2D eigenvalue weighted by Gasteiger charge is -2.29. The van der Waals surface area contributed by atoms with Crippen molar-refractivity contribution in [1.82, 2.24) is 5.01 Å². The number of hydrazine groups is 1. The van der Waals surface area contributed by atoms with Crippen LogP contribution in [0.25, 0.3) is 0 Å². The van der Waals surface area contributed by atoms with Crippen LogP contribution < -0.4 is 22.6 Å². The van der Waals surface area contributed by atoms with Crippen LogP contribution in [0.4, 0.5) is 11.4 Å². The molecule has 0 radical (unpaired) electrons. The molecule has 0 saturated heterocycles. The molecule has 3 rings (SSSR count). The van der Waals surface area contributed by atoms with Gasteiger partial charge in [0.1, 0.15) is 0 Å². The summed E-state index contributed by atoms with van der Waals surface area (Å²) in [5, 5.41) is 14.6. The Kier molecular flexibility index (Phi) is 9.04. The lowest BCUT2D eigenvalue weighted by atomic mass is 9.83. The van der Waals surface area contributed by atoms with Gasteiger partial charge in [0, 0.05) is 37.8 Å². The molecule has 0 aromatic heterocycles. The number of carbonyl (C=O) groups is 1. The maximum Gasteiger partial charge on any atom is 0.304 e. The Bertz CT molecular complexity index is 1060. The molecule has 0 heterocycles. The first kappa shape index (κ1) is 26.4. The number of nitrogens with zero attached hydrogens (tertiary/aromatic N) is 1. The molecular formula is C28H41N5O2. The first-order chi connectivity index (χ1) is 16.7. The van der Waals surface area contributed by atoms with Gasteiger partial charge in [0.25, 0.3) is 0 Å². The third kappa shape index (κ3) is 6.48. The predicted octanol–water partition coefficient (Wildman–Crippen LogP) is 4.63. The fraction of sp³-hybridized carbons (Fsp3) is 0.464. The van der Waals surface area contributed by atoms with Crippen LogP contribution in [0.15, 0.2) is 42.2 Å². The Morgan fingerprint density at radius 3 is 2.54 bits per heavy atom. The second-order valence-electron chi connectivity index (χ2n) is 9.82. The Balaban J connectivity index is 1.90. The van der Waals surface area contributed by atoms with Crippen molar-refractivity contribution in [2.24, 2.45) is 17.5 Å². The highest BCUT2D eigenvalue weighted by Gasteiger charge is 2.23. The predicted molar refractivity (Wildman–Crippen MR) is 144 cm³/mol. The number of carboxylic acids is 1. The van der Waals surface area contributed by atoms with Crippen molar-refractivity contribution in [3.63, 3.8) is 0 Å². The smallest absolute Gasteiger partial charge is 0.304 e. The third-order valence-electron chi connectivity index (χ3n) is 7.47. The molecule has 2 aromatic rings. The van der Waals surface area contributed by atoms with Crippen LogP contribution in [0.2, 0.25) is 0 Å². The lowest BCUT2D eigenvalue weighted by Crippen LogP contribution is -2.37. The third-order valence-corrected chi connectivity index (χ3v) is 7.47. The molecule has 7 nitrogen and oxygen atoms in total. The van der Waals surface area contributed by atoms with E-state index < -0.39 is 5.97 Å². The first-order valence-electron chi connectivity index (χ1n) is 12.6. The van der Waals surface area contributed by atoms with Crippen LogP contribution in [0.5, 0.6) is 0 Å². The molecule has 1 aliphatic carbocycles. The number of nitrogen functional groups attached to an aromatic ring is 1. The van der Waals surface area contributed by atoms with Gasteiger partial charge in [-0.1, -0.05) is 43.5 Å². The van der Waals surface area contributed by atoms with E-state index in [0.29, 0.717) is 18.0 Å². The van der Waals surface area contributed by atoms with Gasteiger partial charge in [-0.15, -0.1) is 0 Å². The van der Waals surface area contributed by atoms with Crippen LogP contribution in [-0.2, 0) is 11.2 Å². The van der Waals surface area contributed by atoms with Crippen molar-refractivity contribution in [2.75, 3.05) is 24.6 Å². The lowest BCUT2D eigenvalue weighted by molar-refractivity contribution is -0.137. The van der Waals surface area contributed by atoms with Gasteiger partial charge in [-0.3, -0.25) is 4.79 Å². The van der Waals surface area contributed by atoms with E-state index in [4.69, 9.17) is 17.3 Å². The van der Waals surface area contributed by atoms with Crippen molar-refractivity contribution >= 4 is 17.3 Å². The quantitative estimate of drug-likeness (QED) is 0.191. The van der Waals surface area contributed by atoms with E-state index in [0.717, 1.165) is 45.7 Å². The molecule has 35 heavy (non-hydrogen) atoms. The normalized spacial score (nSPS) is 15.6. The summed E-state index contributed by atoms with van der Waals surface area (Å²) in [5.74, 6) is 5.90. The molecule has 0 aliphatic heterocycles. The van der Waals surface area contributed by atoms with Gasteiger partial charge in [-0.2, -0.15) is 0 Å². The van der Waals surface area contributed by atoms with Crippen LogP contribution in [0, 0.1) is 19.8 Å². The summed E-state index contributed by atoms with van der Waals surface area (Å²) >= 11 is 0. The van der Waals surface area contributed by atoms with Gasteiger partial charge in [0.15, 0.2) is 0 Å². The van der Waals surface area contributed by atoms with E-state index >= 15 is 0 Å². The second-order valence-corrected chi connectivity index (χ2v) is 9.82. The molecule has 1 saturated carbocycles. The summed E-state index contributed by atoms with van der Waals surface area (Å²) in [6.07, 6.45) is 8.46. The summed E-state index contributed by atoms with van der Waals surface area (Å²) < 4.78 is 0. The van der Waals surface area contributed by atoms with Crippen molar-refractivity contribution in [3.8, 4) is 0 Å². The van der Waals surface area contributed by atoms with E-state index in [9.17, 15) is 9.90 Å². The number of rotatable bonds is 10. The van der Waals surface area contributed by atoms with Crippen molar-refractivity contribution in [3.05, 3.63) is 70.0 Å². The number of aryl methyl sites for hydroxylation is 1. The Hall–Kier alpha value is -3.19. The number of anilines is 2. The maximum absolute atomic E-state index is 11.8. The molecule has 8 N–H and O–H groups in total. The fourth-order valence-corrected chi connectivity index (χ4v) is 5.24. The molecule has 0 bridgehead atoms. The molecule has 1 aliphatic rings. The SMILES string of the molecule is CNc1ccc(C(CC(=O)O)c2ccc(C)c(C/C(=C/N)N(N)CC3CCCCC3)c2)c(C)c1N. The van der Waals surface area contributed by atoms with Crippen molar-refractivity contribution < 1.29 is 9.90 Å². The molecule has 1 fully saturated rings. The number of nitrogens with one attached hydrogen (secondary N) is 1. The van der Waals surface area contributed by atoms with Gasteiger partial charge in [-0.25, -0.2) is 5.84 Å². The van der Waals surface area contributed by atoms with E-state index in [-0.39, 0.29) is 12.3 Å². The highest BCUT2D eigenvalue weighted by atomic mass is 16.4. The van der Waals surface area contributed by atoms with Crippen LogP contribution >= 0.6 is 0 Å². The average Bonchev–Trinajstić information content (AvgIpc) is 2.84. The number of nitrogens with two attached hydrogens (primary N) is 3. The molecule has 1 atom stereocenters. The average molecular weight is 480 g/mol. The topological polar surface area (TPSA) is 131 Å². The largest absolute Gasteiger partial charge is 0.481 e. The fourth-order valence-electron chi connectivity index (χ4n) is 5.24. The van der Waals surface area contributed by atoms with Crippen LogP contribution in [0.3, 0.4) is 0 Å². The van der Waals surface area contributed by atoms with Gasteiger partial charge in [-0.05, 0) is 66.5 Å². The zero-order valence-corrected chi connectivity index (χ0v) is 21.3. The van der Waals surface area contributed by atoms with Gasteiger partial charge in [0.05, 0.1) is 17.8 Å². The van der Waals surface area contributed by atoms with Crippen LogP contribution in [0.1, 0.15) is 72.3 Å². The number of aliphatic carboxylic acids is 1. The second kappa shape index (κ2) is 12.0. The summed E-state index contributed by atoms with van der Waals surface area (Å²) in [6, 6.07) is 10.1. The number of hydrogen-bond donors (Lipinski definition) is 5. The summed E-state index contributed by atoms with van der Waals surface area (Å²) in [6.45, 7) is 4.81. The molecule has 2 aromatic carbocycles. The van der Waals surface area contributed by atoms with Crippen molar-refractivity contribution in [1.29, 1.82) is 0 Å². The van der Waals surface area contributed by atoms with Gasteiger partial charge in [0.2, 0.25) is 0 Å². The molecule has 7 heteroatoms. The van der Waals surface area contributed by atoms with E-state index in [2.05, 4.69) is 24.4 Å². The zero-order valence-electron chi connectivity index (χ0n) is 21.3. The standard InChI is InChI=1S/C28H41N5O2/c1-18-9-10-21(25(15-27(34)35)24-11-12-26(32-3)28(30)19(24)2)13-22(18)14-23(16-29)33(31)17-20-7-5-4-6-8-20/h9-13,16,20,25,32H,4-8,14-15,17,29-31H2,1-3H3,(H,34,35)/b23-16-. The minimum atomic E-state index is -0.851. The molecule has 0 spiro atoms. The number of carboxylic acid groups (broad SMARTS) is 1. The van der Waals surface area contributed by atoms with Crippen LogP contribution in [-0.4, -0.2) is 29.7 Å². The molecule has 0 amide bonds. The highest BCUT2D eigenvalue weighted by molar-refractivity contribution is 5.74. The highest BCUT2D eigenvalue weighted by Crippen LogP contribution is 2.36. The van der Waals surface area contributed by atoms with E-state index in [1.807, 2.05) is 32.2 Å². The zero-order chi connectivity index (χ0) is 25.5. The van der Waals surface area contributed by atoms with Crippen molar-refractivity contribution in [2.45, 2.75) is 64.7 Å². The van der Waals surface area contributed by atoms with E-state index in [1.165, 1.54) is 32.1 Å². The number of hydrogen-bond acceptors (Lipinski definition) is 6. The molecule has 1 unspecified atom stereocenters. The Morgan fingerprint density at radius 2 is 1.91 bits per heavy atom. The summed E-state index contributed by atoms with van der Waals surface area (Å²) in [7, 11) is 1.82. The Labute approximate surface area is 209 Å². The first-order valence-corrected chi connectivity index (χ1v) is 12.6. The minimum absolute atomic E-state index is 0.0219. The number of benzene rings is 2. The molecule has 190 valence electrons. The Morgan fingerprint density at radius 1 is 1.20 bits per heavy atom.